The third kappa shape index (κ3) is 10.3. The molecular weight excluding hydrogens is 544 g/mol. The van der Waals surface area contributed by atoms with Crippen molar-refractivity contribution in [3.63, 3.8) is 0 Å². The van der Waals surface area contributed by atoms with E-state index in [4.69, 9.17) is 9.47 Å². The number of amides is 2. The van der Waals surface area contributed by atoms with Crippen molar-refractivity contribution >= 4 is 29.1 Å². The molecule has 234 valence electrons. The lowest BCUT2D eigenvalue weighted by atomic mass is 9.92. The Balaban J connectivity index is 2.36. The normalized spacial score (nSPS) is 19.0. The quantitative estimate of drug-likeness (QED) is 0.180. The highest BCUT2D eigenvalue weighted by atomic mass is 32.1. The molecule has 41 heavy (non-hydrogen) atoms. The van der Waals surface area contributed by atoms with Crippen molar-refractivity contribution in [2.75, 3.05) is 34.0 Å². The zero-order valence-electron chi connectivity index (χ0n) is 26.1. The highest BCUT2D eigenvalue weighted by Crippen LogP contribution is 2.31. The highest BCUT2D eigenvalue weighted by molar-refractivity contribution is 7.09. The second-order valence-electron chi connectivity index (χ2n) is 11.6. The second-order valence-corrected chi connectivity index (χ2v) is 12.5. The fraction of sp³-hybridized carbons (Fsp3) is 0.800. The van der Waals surface area contributed by atoms with Crippen LogP contribution in [0.5, 0.6) is 0 Å². The number of aromatic nitrogens is 1. The number of likely N-dealkylation sites (tertiary alicyclic amines) is 1. The Morgan fingerprint density at radius 3 is 2.51 bits per heavy atom. The number of aromatic carboxylic acids is 1. The molecule has 0 bridgehead atoms. The maximum atomic E-state index is 14.4. The Morgan fingerprint density at radius 2 is 1.95 bits per heavy atom. The number of rotatable bonds is 18. The van der Waals surface area contributed by atoms with Crippen molar-refractivity contribution in [3.05, 3.63) is 16.1 Å². The summed E-state index contributed by atoms with van der Waals surface area (Å²) < 4.78 is 11.8. The van der Waals surface area contributed by atoms with Crippen molar-refractivity contribution < 1.29 is 29.0 Å². The van der Waals surface area contributed by atoms with Crippen LogP contribution in [-0.2, 0) is 19.1 Å². The number of likely N-dealkylation sites (N-methyl/N-ethyl adjacent to an activating group) is 1. The fourth-order valence-corrected chi connectivity index (χ4v) is 6.15. The largest absolute Gasteiger partial charge is 0.476 e. The summed E-state index contributed by atoms with van der Waals surface area (Å²) in [7, 11) is 3.54. The fourth-order valence-electron chi connectivity index (χ4n) is 5.27. The smallest absolute Gasteiger partial charge is 0.355 e. The van der Waals surface area contributed by atoms with Crippen LogP contribution in [0.2, 0.25) is 0 Å². The molecule has 1 fully saturated rings. The standard InChI is InChI=1S/C30H52N4O6S/c1-8-10-13-16-40-19-34(24(20(3)4)17-25(39-7)28-31-22(18-41-28)30(37)38)29(36)26(21(5)9-2)32-27(35)23-14-11-12-15-33(23)6/h18,20-21,23-26H,8-17,19H2,1-7H3,(H,32,35)(H,37,38)/t21?,23-,24-,25-,26+/m1/s1. The molecule has 10 nitrogen and oxygen atoms in total. The number of thiazole rings is 1. The summed E-state index contributed by atoms with van der Waals surface area (Å²) in [4.78, 5) is 47.4. The SMILES string of the molecule is CCCCCOCN(C(=O)[C@@H](NC(=O)[C@H]1CCCCN1C)C(C)CC)[C@H](C[C@@H](OC)c1nc(C(=O)O)cs1)C(C)C. The van der Waals surface area contributed by atoms with Crippen LogP contribution in [0.1, 0.15) is 108 Å². The van der Waals surface area contributed by atoms with Crippen LogP contribution in [0.15, 0.2) is 5.38 Å². The van der Waals surface area contributed by atoms with E-state index >= 15 is 0 Å². The Labute approximate surface area is 250 Å². The minimum Gasteiger partial charge on any atom is -0.476 e. The van der Waals surface area contributed by atoms with Crippen LogP contribution in [-0.4, -0.2) is 89.8 Å². The molecule has 5 atom stereocenters. The van der Waals surface area contributed by atoms with Gasteiger partial charge in [-0.1, -0.05) is 60.3 Å². The van der Waals surface area contributed by atoms with Gasteiger partial charge in [-0.25, -0.2) is 9.78 Å². The number of nitrogens with zero attached hydrogens (tertiary/aromatic N) is 3. The molecule has 2 amide bonds. The first-order valence-electron chi connectivity index (χ1n) is 15.2. The van der Waals surface area contributed by atoms with E-state index in [1.54, 1.807) is 12.0 Å². The lowest BCUT2D eigenvalue weighted by Gasteiger charge is -2.40. The zero-order valence-corrected chi connectivity index (χ0v) is 26.9. The number of carbonyl (C=O) groups excluding carboxylic acids is 2. The van der Waals surface area contributed by atoms with Gasteiger partial charge in [0.05, 0.1) is 6.04 Å². The summed E-state index contributed by atoms with van der Waals surface area (Å²) in [5, 5.41) is 14.6. The van der Waals surface area contributed by atoms with E-state index in [0.717, 1.165) is 51.5 Å². The van der Waals surface area contributed by atoms with Crippen molar-refractivity contribution in [1.82, 2.24) is 20.1 Å². The number of methoxy groups -OCH3 is 1. The number of hydrogen-bond acceptors (Lipinski definition) is 8. The molecule has 0 aromatic carbocycles. The maximum absolute atomic E-state index is 14.4. The molecule has 0 spiro atoms. The number of nitrogens with one attached hydrogen (secondary N) is 1. The van der Waals surface area contributed by atoms with Crippen LogP contribution in [0.25, 0.3) is 0 Å². The van der Waals surface area contributed by atoms with Gasteiger partial charge in [-0.15, -0.1) is 11.3 Å². The van der Waals surface area contributed by atoms with Crippen LogP contribution in [0, 0.1) is 11.8 Å². The van der Waals surface area contributed by atoms with E-state index in [0.29, 0.717) is 18.0 Å². The number of carboxylic acids is 1. The third-order valence-electron chi connectivity index (χ3n) is 8.18. The van der Waals surface area contributed by atoms with Gasteiger partial charge in [-0.3, -0.25) is 14.5 Å². The molecule has 1 saturated heterocycles. The van der Waals surface area contributed by atoms with Gasteiger partial charge in [0, 0.05) is 31.6 Å². The average molecular weight is 597 g/mol. The second kappa shape index (κ2) is 17.8. The van der Waals surface area contributed by atoms with Gasteiger partial charge >= 0.3 is 5.97 Å². The summed E-state index contributed by atoms with van der Waals surface area (Å²) in [6, 6.07) is -1.23. The minimum atomic E-state index is -1.09. The summed E-state index contributed by atoms with van der Waals surface area (Å²) >= 11 is 1.24. The summed E-state index contributed by atoms with van der Waals surface area (Å²) in [6.45, 7) is 11.8. The molecule has 0 radical (unpaired) electrons. The summed E-state index contributed by atoms with van der Waals surface area (Å²) in [5.74, 6) is -1.40. The van der Waals surface area contributed by atoms with E-state index in [2.05, 4.69) is 22.1 Å². The Kier molecular flexibility index (Phi) is 15.2. The Bertz CT molecular complexity index is 957. The first-order valence-corrected chi connectivity index (χ1v) is 16.0. The van der Waals surface area contributed by atoms with Crippen LogP contribution in [0.3, 0.4) is 0 Å². The average Bonchev–Trinajstić information content (AvgIpc) is 3.45. The molecule has 2 heterocycles. The van der Waals surface area contributed by atoms with E-state index in [-0.39, 0.29) is 48.2 Å². The molecule has 2 N–H and O–H groups in total. The highest BCUT2D eigenvalue weighted by Gasteiger charge is 2.38. The van der Waals surface area contributed by atoms with Crippen LogP contribution in [0.4, 0.5) is 0 Å². The predicted molar refractivity (Wildman–Crippen MR) is 161 cm³/mol. The maximum Gasteiger partial charge on any atom is 0.355 e. The molecule has 11 heteroatoms. The van der Waals surface area contributed by atoms with E-state index in [1.807, 2.05) is 34.7 Å². The van der Waals surface area contributed by atoms with E-state index in [9.17, 15) is 19.5 Å². The Morgan fingerprint density at radius 1 is 1.22 bits per heavy atom. The van der Waals surface area contributed by atoms with Crippen molar-refractivity contribution in [2.45, 2.75) is 110 Å². The lowest BCUT2D eigenvalue weighted by molar-refractivity contribution is -0.149. The van der Waals surface area contributed by atoms with Gasteiger partial charge in [0.15, 0.2) is 5.69 Å². The predicted octanol–water partition coefficient (Wildman–Crippen LogP) is 4.95. The number of ether oxygens (including phenoxy) is 2. The molecule has 1 aliphatic heterocycles. The van der Waals surface area contributed by atoms with Gasteiger partial charge in [0.1, 0.15) is 23.9 Å². The topological polar surface area (TPSA) is 121 Å². The van der Waals surface area contributed by atoms with Gasteiger partial charge in [0.25, 0.3) is 0 Å². The first-order chi connectivity index (χ1) is 19.5. The molecule has 1 unspecified atom stereocenters. The summed E-state index contributed by atoms with van der Waals surface area (Å²) in [5.41, 5.74) is -0.0208. The first kappa shape index (κ1) is 35.1. The zero-order chi connectivity index (χ0) is 30.5. The van der Waals surface area contributed by atoms with Crippen molar-refractivity contribution in [1.29, 1.82) is 0 Å². The number of carbonyl (C=O) groups is 3. The lowest BCUT2D eigenvalue weighted by Crippen LogP contribution is -2.59. The van der Waals surface area contributed by atoms with E-state index < -0.39 is 18.1 Å². The molecule has 1 aliphatic rings. The van der Waals surface area contributed by atoms with Gasteiger partial charge < -0.3 is 24.8 Å². The van der Waals surface area contributed by atoms with Crippen molar-refractivity contribution in [2.24, 2.45) is 11.8 Å². The molecule has 1 aromatic heterocycles. The molecule has 1 aromatic rings. The van der Waals surface area contributed by atoms with Crippen molar-refractivity contribution in [3.8, 4) is 0 Å². The number of unbranched alkanes of at least 4 members (excludes halogenated alkanes) is 2. The molecule has 0 saturated carbocycles. The number of hydrogen-bond donors (Lipinski definition) is 2. The van der Waals surface area contributed by atoms with Crippen LogP contribution < -0.4 is 5.32 Å². The summed E-state index contributed by atoms with van der Waals surface area (Å²) in [6.07, 6.45) is 6.51. The molecule has 2 rings (SSSR count). The van der Waals surface area contributed by atoms with Crippen LogP contribution >= 0.6 is 11.3 Å². The van der Waals surface area contributed by atoms with Gasteiger partial charge in [-0.2, -0.15) is 0 Å². The molecular formula is C30H52N4O6S. The number of carboxylic acid groups (broad SMARTS) is 1. The monoisotopic (exact) mass is 596 g/mol. The minimum absolute atomic E-state index is 0.0208. The third-order valence-corrected chi connectivity index (χ3v) is 9.12. The molecule has 0 aliphatic carbocycles. The van der Waals surface area contributed by atoms with Gasteiger partial charge in [-0.05, 0) is 44.7 Å². The van der Waals surface area contributed by atoms with Gasteiger partial charge in [0.2, 0.25) is 11.8 Å². The number of piperidine rings is 1. The van der Waals surface area contributed by atoms with E-state index in [1.165, 1.54) is 16.7 Å². The Hall–Kier alpha value is -2.08.